The maximum absolute atomic E-state index is 15.0. The van der Waals surface area contributed by atoms with E-state index in [-0.39, 0.29) is 145 Å². The molecule has 6 aromatic carbocycles. The van der Waals surface area contributed by atoms with E-state index in [1.165, 1.54) is 24.3 Å². The second-order valence-electron chi connectivity index (χ2n) is 28.6. The fourth-order valence-corrected chi connectivity index (χ4v) is 18.8. The van der Waals surface area contributed by atoms with Gasteiger partial charge < -0.3 is 57.1 Å². The summed E-state index contributed by atoms with van der Waals surface area (Å²) in [6.45, 7) is 26.7. The van der Waals surface area contributed by atoms with Gasteiger partial charge in [0.1, 0.15) is 13.2 Å². The van der Waals surface area contributed by atoms with E-state index >= 15 is 0 Å². The number of morpholine rings is 2. The second kappa shape index (κ2) is 47.1. The molecule has 4 saturated heterocycles. The Morgan fingerprint density at radius 3 is 1.27 bits per heavy atom. The van der Waals surface area contributed by atoms with Crippen LogP contribution in [0.5, 0.6) is 0 Å². The molecule has 30 heteroatoms. The molecule has 24 nitrogen and oxygen atoms in total. The smallest absolute Gasteiger partial charge is 0.360 e. The zero-order valence-electron chi connectivity index (χ0n) is 63.5. The lowest BCUT2D eigenvalue weighted by Crippen LogP contribution is -2.42. The van der Waals surface area contributed by atoms with Crippen LogP contribution in [0.4, 0.5) is 22.7 Å². The number of hydrogen-bond donors (Lipinski definition) is 1. The summed E-state index contributed by atoms with van der Waals surface area (Å²) in [5, 5.41) is 27.4. The van der Waals surface area contributed by atoms with Gasteiger partial charge in [-0.25, -0.2) is 9.59 Å². The van der Waals surface area contributed by atoms with Crippen molar-refractivity contribution in [2.75, 3.05) is 141 Å². The Kier molecular flexibility index (Phi) is 41.6. The first kappa shape index (κ1) is 101. The standard InChI is InChI=1S/C40H49N4O8P.C34H38N3O7P.C6H12ClNO.4CH4.3ClH/c1-30-36(39(45)50-25-22-42(34-15-9-6-10-16-34)27-32-12-7-5-8-13-32)37(33-14-11-17-35(26-33)44(46)47)38(53(48)51-28-40(3,4)29-52-53)31(2)43(30)19-18-41-20-23-49-24-21-41;1-24-30(33(38)42-19-18-36(28-15-9-6-10-16-28)21-26-12-7-5-8-13-26)31(27-14-11-17-29(20-27)37(39)40)32(25(2)35-24)45(41)43-22-34(3,4)23-44-45;7-1-2-8-3-5-9-6-4-8;;;;;;;/h5-17,26,37H,18-25,27-29H2,1-4H3;5-17,20,31,35H,18-19,21-23H2,1-4H3;1-6H2;4*1H4;3*1H. The summed E-state index contributed by atoms with van der Waals surface area (Å²) in [5.74, 6) is -2.43. The predicted octanol–water partition coefficient (Wildman–Crippen LogP) is 19.0. The highest BCUT2D eigenvalue weighted by Gasteiger charge is 2.51. The lowest BCUT2D eigenvalue weighted by Gasteiger charge is -2.43. The minimum atomic E-state index is -4.02. The fourth-order valence-electron chi connectivity index (χ4n) is 13.6. The highest BCUT2D eigenvalue weighted by atomic mass is 35.5. The molecule has 4 fully saturated rings. The largest absolute Gasteiger partial charge is 0.460 e. The number of hydrogen-bond acceptors (Lipinski definition) is 22. The van der Waals surface area contributed by atoms with Gasteiger partial charge >= 0.3 is 27.1 Å². The third kappa shape index (κ3) is 26.8. The van der Waals surface area contributed by atoms with Crippen molar-refractivity contribution in [1.29, 1.82) is 0 Å². The van der Waals surface area contributed by atoms with Gasteiger partial charge in [0, 0.05) is 134 Å². The zero-order valence-corrected chi connectivity index (χ0v) is 68.5. The average molecular weight is 1700 g/mol. The summed E-state index contributed by atoms with van der Waals surface area (Å²) in [6.07, 6.45) is 0. The van der Waals surface area contributed by atoms with E-state index in [0.29, 0.717) is 91.7 Å². The number of carbonyl (C=O) groups excluding carboxylic acids is 2. The first-order valence-corrected chi connectivity index (χ1v) is 39.8. The molecule has 628 valence electrons. The second-order valence-corrected chi connectivity index (χ2v) is 33.0. The lowest BCUT2D eigenvalue weighted by molar-refractivity contribution is -0.385. The van der Waals surface area contributed by atoms with Gasteiger partial charge in [0.2, 0.25) is 0 Å². The van der Waals surface area contributed by atoms with Gasteiger partial charge in [0.25, 0.3) is 11.4 Å². The quantitative estimate of drug-likeness (QED) is 0.0184. The molecule has 0 aliphatic carbocycles. The topological polar surface area (TPSA) is 257 Å². The van der Waals surface area contributed by atoms with E-state index in [2.05, 4.69) is 37.0 Å². The minimum Gasteiger partial charge on any atom is -0.460 e. The van der Waals surface area contributed by atoms with Crippen LogP contribution >= 0.6 is 64.0 Å². The summed E-state index contributed by atoms with van der Waals surface area (Å²) in [4.78, 5) is 62.2. The molecule has 0 spiro atoms. The monoisotopic (exact) mass is 1700 g/mol. The number of ether oxygens (including phenoxy) is 4. The molecule has 12 rings (SSSR count). The Labute approximate surface area is 698 Å². The number of nitrogens with zero attached hydrogens (tertiary/aromatic N) is 7. The highest BCUT2D eigenvalue weighted by Crippen LogP contribution is 2.69. The van der Waals surface area contributed by atoms with Crippen molar-refractivity contribution >= 4 is 98.7 Å². The summed E-state index contributed by atoms with van der Waals surface area (Å²) >= 11 is 5.55. The molecule has 0 bridgehead atoms. The van der Waals surface area contributed by atoms with Gasteiger partial charge in [-0.2, -0.15) is 0 Å². The van der Waals surface area contributed by atoms with Crippen LogP contribution in [0.25, 0.3) is 0 Å². The van der Waals surface area contributed by atoms with Crippen LogP contribution in [0.2, 0.25) is 0 Å². The predicted molar refractivity (Wildman–Crippen MR) is 463 cm³/mol. The molecular weight excluding hydrogens is 1580 g/mol. The highest BCUT2D eigenvalue weighted by molar-refractivity contribution is 7.59. The number of carbonyl (C=O) groups is 2. The minimum absolute atomic E-state index is 0. The lowest BCUT2D eigenvalue weighted by atomic mass is 9.85. The molecule has 0 saturated carbocycles. The number of nitro benzene ring substituents is 2. The average Bonchev–Trinajstić information content (AvgIpc) is 0.735. The number of nitro groups is 2. The third-order valence-electron chi connectivity index (χ3n) is 19.3. The van der Waals surface area contributed by atoms with Crippen LogP contribution in [0.15, 0.2) is 214 Å². The van der Waals surface area contributed by atoms with E-state index in [9.17, 15) is 38.9 Å². The normalized spacial score (nSPS) is 18.7. The van der Waals surface area contributed by atoms with Crippen LogP contribution in [0, 0.1) is 31.1 Å². The SMILES string of the molecule is C.C.C.C.CC1=C(C(=O)OCCN(Cc2ccccc2)c2ccccc2)C(c2cccc([N+](=O)[O-])c2)C(P2(=O)OCC(C)(C)CO2)=C(C)N1.CC1=C(C(=O)OCCN(Cc2ccccc2)c2ccccc2)C(c2cccc([N+](=O)[O-])c2)C(P2(=O)OCC(C)(C)CO2)=C(C)N1CCN1CCOCC1.Cl.Cl.Cl.ClCCN1CCOCC1. The van der Waals surface area contributed by atoms with Gasteiger partial charge in [-0.1, -0.05) is 179 Å². The van der Waals surface area contributed by atoms with Gasteiger partial charge in [-0.15, -0.1) is 48.8 Å². The van der Waals surface area contributed by atoms with Crippen LogP contribution in [-0.4, -0.2) is 167 Å². The number of non-ortho nitro benzene ring substituents is 2. The molecule has 6 aliphatic heterocycles. The third-order valence-corrected chi connectivity index (χ3v) is 23.7. The van der Waals surface area contributed by atoms with Crippen LogP contribution in [0.3, 0.4) is 0 Å². The molecule has 0 radical (unpaired) electrons. The summed E-state index contributed by atoms with van der Waals surface area (Å²) < 4.78 is 76.2. The molecule has 114 heavy (non-hydrogen) atoms. The molecule has 6 aromatic rings. The Morgan fingerprint density at radius 2 is 0.877 bits per heavy atom. The van der Waals surface area contributed by atoms with E-state index < -0.39 is 48.8 Å². The number of allylic oxidation sites excluding steroid dienone is 6. The molecule has 1 N–H and O–H groups in total. The van der Waals surface area contributed by atoms with Gasteiger partial charge in [0.15, 0.2) is 0 Å². The van der Waals surface area contributed by atoms with Crippen LogP contribution in [0.1, 0.15) is 119 Å². The first-order chi connectivity index (χ1) is 51.4. The zero-order chi connectivity index (χ0) is 76.3. The van der Waals surface area contributed by atoms with Gasteiger partial charge in [0.05, 0.1) is 109 Å². The maximum Gasteiger partial charge on any atom is 0.360 e. The maximum atomic E-state index is 15.0. The van der Waals surface area contributed by atoms with Crippen molar-refractivity contribution in [3.63, 3.8) is 0 Å². The number of para-hydroxylation sites is 2. The molecule has 0 aromatic heterocycles. The fraction of sp³-hybridized carbons (Fsp3) is 0.452. The van der Waals surface area contributed by atoms with Gasteiger partial charge in [-0.3, -0.25) is 39.2 Å². The Balaban J connectivity index is 0.000000507. The molecule has 0 amide bonds. The molecule has 2 atom stereocenters. The number of nitrogens with one attached hydrogen (secondary N) is 1. The van der Waals surface area contributed by atoms with Crippen molar-refractivity contribution in [1.82, 2.24) is 20.0 Å². The molecule has 6 heterocycles. The summed E-state index contributed by atoms with van der Waals surface area (Å²) in [5.41, 5.74) is 6.66. The van der Waals surface area contributed by atoms with Crippen LogP contribution in [-0.2, 0) is 68.9 Å². The molecular formula is C84H118Cl4N8O16P2. The Bertz CT molecular complexity index is 4260. The number of halogens is 4. The van der Waals surface area contributed by atoms with E-state index in [1.54, 1.807) is 38.1 Å². The van der Waals surface area contributed by atoms with Crippen molar-refractivity contribution in [3.8, 4) is 0 Å². The van der Waals surface area contributed by atoms with E-state index in [0.717, 1.165) is 74.3 Å². The van der Waals surface area contributed by atoms with E-state index in [4.69, 9.17) is 48.6 Å². The van der Waals surface area contributed by atoms with Crippen molar-refractivity contribution in [3.05, 3.63) is 257 Å². The van der Waals surface area contributed by atoms with Gasteiger partial charge in [-0.05, 0) is 74.2 Å². The number of alkyl halides is 1. The molecule has 6 aliphatic rings. The number of rotatable bonds is 25. The number of esters is 2. The summed E-state index contributed by atoms with van der Waals surface area (Å²) in [6, 6.07) is 52.0. The number of benzene rings is 6. The summed E-state index contributed by atoms with van der Waals surface area (Å²) in [7, 11) is -7.93. The van der Waals surface area contributed by atoms with Crippen molar-refractivity contribution in [2.45, 2.75) is 110 Å². The Morgan fingerprint density at radius 1 is 0.509 bits per heavy atom. The number of anilines is 2. The Hall–Kier alpha value is -7.48. The molecule has 2 unspecified atom stereocenters. The van der Waals surface area contributed by atoms with Crippen LogP contribution < -0.4 is 15.1 Å². The number of dihydropyridines is 1. The van der Waals surface area contributed by atoms with Crippen molar-refractivity contribution in [2.24, 2.45) is 10.8 Å². The van der Waals surface area contributed by atoms with Crippen molar-refractivity contribution < 1.29 is 65.6 Å². The van der Waals surface area contributed by atoms with E-state index in [1.807, 2.05) is 156 Å². The first-order valence-electron chi connectivity index (χ1n) is 36.2.